The number of fused-ring (bicyclic) bond motifs is 5. The van der Waals surface area contributed by atoms with Gasteiger partial charge in [-0.05, 0) is 13.0 Å². The van der Waals surface area contributed by atoms with E-state index in [9.17, 15) is 19.5 Å². The number of carboxylic acid groups (broad SMARTS) is 1. The Bertz CT molecular complexity index is 1250. The van der Waals surface area contributed by atoms with Crippen LogP contribution in [0.3, 0.4) is 0 Å². The lowest BCUT2D eigenvalue weighted by Gasteiger charge is -2.07. The standard InChI is InChI=1S/C17H14N4O5/c1-2-26-17(25)11-7-18-14-15(24)19-13-9-5-3-4-6-10(9)20(8-12(22)23)16(13)21(11)14/h3-7H,2,8H2,1H3,(H,19,24)(H,22,23). The first-order valence-electron chi connectivity index (χ1n) is 7.92. The monoisotopic (exact) mass is 354 g/mol. The highest BCUT2D eigenvalue weighted by Gasteiger charge is 2.22. The number of esters is 1. The first-order chi connectivity index (χ1) is 12.5. The summed E-state index contributed by atoms with van der Waals surface area (Å²) in [6.45, 7) is 1.49. The topological polar surface area (TPSA) is 119 Å². The molecular formula is C17H14N4O5. The van der Waals surface area contributed by atoms with Crippen LogP contribution in [0.25, 0.3) is 27.7 Å². The maximum atomic E-state index is 12.4. The third kappa shape index (κ3) is 2.17. The molecule has 26 heavy (non-hydrogen) atoms. The maximum Gasteiger partial charge on any atom is 0.357 e. The summed E-state index contributed by atoms with van der Waals surface area (Å²) < 4.78 is 7.92. The molecule has 132 valence electrons. The van der Waals surface area contributed by atoms with E-state index in [1.807, 2.05) is 0 Å². The Morgan fingerprint density at radius 2 is 2.08 bits per heavy atom. The van der Waals surface area contributed by atoms with E-state index < -0.39 is 17.5 Å². The highest BCUT2D eigenvalue weighted by Crippen LogP contribution is 2.27. The van der Waals surface area contributed by atoms with Crippen LogP contribution in [-0.4, -0.2) is 42.6 Å². The van der Waals surface area contributed by atoms with Crippen molar-refractivity contribution < 1.29 is 19.4 Å². The minimum Gasteiger partial charge on any atom is -0.480 e. The van der Waals surface area contributed by atoms with Crippen molar-refractivity contribution in [3.05, 3.63) is 46.5 Å². The summed E-state index contributed by atoms with van der Waals surface area (Å²) in [4.78, 5) is 42.9. The lowest BCUT2D eigenvalue weighted by Crippen LogP contribution is -2.17. The van der Waals surface area contributed by atoms with Gasteiger partial charge in [0, 0.05) is 5.39 Å². The quantitative estimate of drug-likeness (QED) is 0.535. The number of carbonyl (C=O) groups excluding carboxylic acids is 1. The molecule has 0 fully saturated rings. The van der Waals surface area contributed by atoms with Crippen LogP contribution >= 0.6 is 0 Å². The molecule has 0 unspecified atom stereocenters. The lowest BCUT2D eigenvalue weighted by molar-refractivity contribution is -0.137. The fraction of sp³-hybridized carbons (Fsp3) is 0.176. The van der Waals surface area contributed by atoms with Crippen LogP contribution < -0.4 is 5.56 Å². The average Bonchev–Trinajstić information content (AvgIpc) is 3.16. The molecule has 2 N–H and O–H groups in total. The van der Waals surface area contributed by atoms with Crippen molar-refractivity contribution in [3.63, 3.8) is 0 Å². The number of hydrogen-bond donors (Lipinski definition) is 2. The van der Waals surface area contributed by atoms with Crippen LogP contribution in [0.1, 0.15) is 17.4 Å². The summed E-state index contributed by atoms with van der Waals surface area (Å²) in [5.74, 6) is -1.69. The molecule has 0 amide bonds. The number of carboxylic acids is 1. The van der Waals surface area contributed by atoms with Crippen molar-refractivity contribution in [2.75, 3.05) is 6.61 Å². The van der Waals surface area contributed by atoms with Crippen LogP contribution in [0.2, 0.25) is 0 Å². The van der Waals surface area contributed by atoms with Crippen LogP contribution in [0.15, 0.2) is 35.3 Å². The number of nitrogens with one attached hydrogen (secondary N) is 1. The predicted molar refractivity (Wildman–Crippen MR) is 92.4 cm³/mol. The van der Waals surface area contributed by atoms with Gasteiger partial charge in [0.1, 0.15) is 12.2 Å². The zero-order chi connectivity index (χ0) is 18.4. The van der Waals surface area contributed by atoms with Gasteiger partial charge in [0.05, 0.1) is 23.8 Å². The van der Waals surface area contributed by atoms with E-state index in [4.69, 9.17) is 4.74 Å². The number of carbonyl (C=O) groups is 2. The molecule has 0 aliphatic heterocycles. The van der Waals surface area contributed by atoms with Crippen LogP contribution in [-0.2, 0) is 16.1 Å². The number of ether oxygens (including phenoxy) is 1. The maximum absolute atomic E-state index is 12.4. The summed E-state index contributed by atoms with van der Waals surface area (Å²) in [6.07, 6.45) is 1.25. The fourth-order valence-electron chi connectivity index (χ4n) is 3.19. The van der Waals surface area contributed by atoms with Gasteiger partial charge in [-0.1, -0.05) is 18.2 Å². The summed E-state index contributed by atoms with van der Waals surface area (Å²) in [5.41, 5.74) is 0.997. The van der Waals surface area contributed by atoms with Crippen molar-refractivity contribution in [3.8, 4) is 0 Å². The number of H-pyrrole nitrogens is 1. The molecule has 3 heterocycles. The summed E-state index contributed by atoms with van der Waals surface area (Å²) in [7, 11) is 0. The Morgan fingerprint density at radius 3 is 2.81 bits per heavy atom. The Kier molecular flexibility index (Phi) is 3.50. The molecule has 0 bridgehead atoms. The van der Waals surface area contributed by atoms with Gasteiger partial charge in [-0.25, -0.2) is 9.78 Å². The predicted octanol–water partition coefficient (Wildman–Crippen LogP) is 1.39. The second-order valence-corrected chi connectivity index (χ2v) is 5.67. The van der Waals surface area contributed by atoms with Crippen LogP contribution in [0, 0.1) is 0 Å². The second-order valence-electron chi connectivity index (χ2n) is 5.67. The second kappa shape index (κ2) is 5.73. The molecule has 0 atom stereocenters. The smallest absolute Gasteiger partial charge is 0.357 e. The average molecular weight is 354 g/mol. The Hall–Kier alpha value is -3.62. The number of imidazole rings is 1. The molecule has 0 aliphatic carbocycles. The summed E-state index contributed by atoms with van der Waals surface area (Å²) in [5, 5.41) is 10.0. The van der Waals surface area contributed by atoms with Gasteiger partial charge in [-0.15, -0.1) is 0 Å². The Balaban J connectivity index is 2.24. The number of hydrogen-bond acceptors (Lipinski definition) is 5. The number of aromatic amines is 1. The van der Waals surface area contributed by atoms with Gasteiger partial charge in [0.2, 0.25) is 5.65 Å². The largest absolute Gasteiger partial charge is 0.480 e. The van der Waals surface area contributed by atoms with Crippen molar-refractivity contribution in [2.24, 2.45) is 0 Å². The molecule has 1 aromatic carbocycles. The normalized spacial score (nSPS) is 11.4. The van der Waals surface area contributed by atoms with Gasteiger partial charge >= 0.3 is 11.9 Å². The number of benzene rings is 1. The van der Waals surface area contributed by atoms with E-state index in [-0.39, 0.29) is 24.5 Å². The molecule has 0 aliphatic rings. The highest BCUT2D eigenvalue weighted by atomic mass is 16.5. The van der Waals surface area contributed by atoms with E-state index in [1.165, 1.54) is 15.2 Å². The number of nitrogens with zero attached hydrogens (tertiary/aromatic N) is 3. The highest BCUT2D eigenvalue weighted by molar-refractivity contribution is 6.06. The van der Waals surface area contributed by atoms with Crippen molar-refractivity contribution in [1.29, 1.82) is 0 Å². The molecule has 4 rings (SSSR count). The molecule has 9 heteroatoms. The van der Waals surface area contributed by atoms with E-state index in [1.54, 1.807) is 31.2 Å². The third-order valence-electron chi connectivity index (χ3n) is 4.14. The molecule has 4 aromatic rings. The van der Waals surface area contributed by atoms with Gasteiger partial charge in [-0.3, -0.25) is 14.0 Å². The van der Waals surface area contributed by atoms with Gasteiger partial charge in [0.15, 0.2) is 5.69 Å². The molecule has 3 aromatic heterocycles. The number of aliphatic carboxylic acids is 1. The van der Waals surface area contributed by atoms with Gasteiger partial charge in [0.25, 0.3) is 5.56 Å². The summed E-state index contributed by atoms with van der Waals surface area (Å²) >= 11 is 0. The van der Waals surface area contributed by atoms with Gasteiger partial charge < -0.3 is 19.4 Å². The third-order valence-corrected chi connectivity index (χ3v) is 4.14. The minimum atomic E-state index is -1.05. The Morgan fingerprint density at radius 1 is 1.31 bits per heavy atom. The zero-order valence-electron chi connectivity index (χ0n) is 13.7. The molecule has 9 nitrogen and oxygen atoms in total. The van der Waals surface area contributed by atoms with Crippen molar-refractivity contribution in [2.45, 2.75) is 13.5 Å². The molecule has 0 spiro atoms. The summed E-state index contributed by atoms with van der Waals surface area (Å²) in [6, 6.07) is 7.09. The molecular weight excluding hydrogens is 340 g/mol. The minimum absolute atomic E-state index is 0.00463. The SMILES string of the molecule is CCOC(=O)c1cnc2c(=O)[nH]c3c4ccccc4n(CC(=O)O)c3n12. The number of rotatable bonds is 4. The first kappa shape index (κ1) is 15.9. The van der Waals surface area contributed by atoms with Crippen LogP contribution in [0.5, 0.6) is 0 Å². The number of aromatic nitrogens is 4. The van der Waals surface area contributed by atoms with Crippen LogP contribution in [0.4, 0.5) is 0 Å². The lowest BCUT2D eigenvalue weighted by atomic mass is 10.2. The first-order valence-corrected chi connectivity index (χ1v) is 7.92. The van der Waals surface area contributed by atoms with Crippen molar-refractivity contribution in [1.82, 2.24) is 18.9 Å². The molecule has 0 saturated carbocycles. The zero-order valence-corrected chi connectivity index (χ0v) is 13.7. The molecule has 0 saturated heterocycles. The van der Waals surface area contributed by atoms with Crippen molar-refractivity contribution >= 4 is 39.7 Å². The number of para-hydroxylation sites is 1. The van der Waals surface area contributed by atoms with E-state index >= 15 is 0 Å². The van der Waals surface area contributed by atoms with E-state index in [0.29, 0.717) is 22.1 Å². The fourth-order valence-corrected chi connectivity index (χ4v) is 3.19. The van der Waals surface area contributed by atoms with Gasteiger partial charge in [-0.2, -0.15) is 0 Å². The van der Waals surface area contributed by atoms with E-state index in [2.05, 4.69) is 9.97 Å². The Labute approximate surface area is 145 Å². The van der Waals surface area contributed by atoms with E-state index in [0.717, 1.165) is 0 Å². The molecule has 0 radical (unpaired) electrons.